The molecular weight excluding hydrogens is 785 g/mol. The number of aromatic carboxylic acids is 1. The summed E-state index contributed by atoms with van der Waals surface area (Å²) < 4.78 is 11.0. The zero-order valence-electron chi connectivity index (χ0n) is 45.4. The zero-order chi connectivity index (χ0) is 48.8. The lowest BCUT2D eigenvalue weighted by Gasteiger charge is -2.73. The Morgan fingerprint density at radius 3 is 1.45 bits per heavy atom. The van der Waals surface area contributed by atoms with Crippen LogP contribution in [0.25, 0.3) is 5.57 Å². The summed E-state index contributed by atoms with van der Waals surface area (Å²) in [6.07, 6.45) is 0. The molecule has 5 aliphatic rings. The molecule has 0 bridgehead atoms. The number of nitrogens with zero attached hydrogens (tertiary/aromatic N) is 2. The smallest absolute Gasteiger partial charge is 0.336 e. The van der Waals surface area contributed by atoms with Crippen LogP contribution in [0.15, 0.2) is 18.2 Å². The van der Waals surface area contributed by atoms with Gasteiger partial charge in [-0.2, -0.15) is 0 Å². The fraction of sp³-hybridized carbons (Fsp3) is 0.661. The molecule has 3 aromatic carbocycles. The molecule has 5 aliphatic heterocycles. The van der Waals surface area contributed by atoms with Crippen LogP contribution in [0.4, 0.5) is 5.69 Å². The van der Waals surface area contributed by atoms with Gasteiger partial charge in [-0.3, -0.25) is 0 Å². The SMILES string of the molecule is Cc1ccc(C2=c3c(C)c4c5c(c3Oc3c2c(C)c2c6c3C(C)(C)C(C)(C)C(C)(C)N6C(C)(C)C(C)(C)C2(C)C)C(C)(C)C(C)(C)C(C)(C)[N+]=5C(C)(C)C(C)(C)C4(C)C)c(C(=O)O)c1. The molecule has 0 unspecified atom stereocenters. The molecule has 0 radical (unpaired) electrons. The number of aryl methyl sites for hydroxylation is 1. The highest BCUT2D eigenvalue weighted by Gasteiger charge is 2.72. The van der Waals surface area contributed by atoms with Crippen molar-refractivity contribution in [2.45, 2.75) is 231 Å². The van der Waals surface area contributed by atoms with Crippen molar-refractivity contribution in [3.05, 3.63) is 84.4 Å². The maximum atomic E-state index is 13.8. The van der Waals surface area contributed by atoms with Crippen LogP contribution in [0.3, 0.4) is 0 Å². The maximum Gasteiger partial charge on any atom is 0.336 e. The van der Waals surface area contributed by atoms with E-state index in [1.807, 2.05) is 13.0 Å². The molecule has 0 atom stereocenters. The average Bonchev–Trinajstić information content (AvgIpc) is 3.11. The number of carboxylic acid groups (broad SMARTS) is 1. The van der Waals surface area contributed by atoms with E-state index < -0.39 is 5.97 Å². The van der Waals surface area contributed by atoms with Gasteiger partial charge >= 0.3 is 5.97 Å². The topological polar surface area (TPSA) is 52.8 Å². The highest BCUT2D eigenvalue weighted by atomic mass is 16.5. The maximum absolute atomic E-state index is 13.8. The van der Waals surface area contributed by atoms with Crippen molar-refractivity contribution >= 4 is 17.2 Å². The van der Waals surface area contributed by atoms with E-state index in [0.717, 1.165) is 39.0 Å². The zero-order valence-corrected chi connectivity index (χ0v) is 45.4. The van der Waals surface area contributed by atoms with Crippen molar-refractivity contribution in [3.63, 3.8) is 0 Å². The third kappa shape index (κ3) is 4.56. The van der Waals surface area contributed by atoms with Crippen LogP contribution in [0.2, 0.25) is 0 Å². The van der Waals surface area contributed by atoms with Gasteiger partial charge in [-0.25, -0.2) is 9.37 Å². The molecule has 0 fully saturated rings. The van der Waals surface area contributed by atoms with Crippen molar-refractivity contribution in [2.75, 3.05) is 4.90 Å². The Balaban J connectivity index is 1.81. The number of carboxylic acids is 1. The third-order valence-corrected chi connectivity index (χ3v) is 23.3. The number of ether oxygens (including phenoxy) is 1. The van der Waals surface area contributed by atoms with Crippen LogP contribution in [-0.2, 0) is 21.7 Å². The normalized spacial score (nSPS) is 26.1. The second-order valence-corrected chi connectivity index (χ2v) is 27.6. The molecular formula is C59H85N2O3+. The Morgan fingerprint density at radius 1 is 0.547 bits per heavy atom. The van der Waals surface area contributed by atoms with Gasteiger partial charge in [-0.05, 0) is 93.0 Å². The van der Waals surface area contributed by atoms with Gasteiger partial charge in [0.25, 0.3) is 0 Å². The summed E-state index contributed by atoms with van der Waals surface area (Å²) in [5, 5.41) is 13.7. The lowest BCUT2D eigenvalue weighted by atomic mass is 9.45. The first-order valence-electron chi connectivity index (χ1n) is 24.4. The van der Waals surface area contributed by atoms with E-state index in [1.165, 1.54) is 44.4 Å². The second kappa shape index (κ2) is 12.1. The van der Waals surface area contributed by atoms with Crippen LogP contribution >= 0.6 is 0 Å². The summed E-state index contributed by atoms with van der Waals surface area (Å²) in [4.78, 5) is 16.6. The van der Waals surface area contributed by atoms with Crippen LogP contribution in [0.1, 0.15) is 227 Å². The molecule has 0 saturated heterocycles. The number of anilines is 1. The lowest BCUT2D eigenvalue weighted by Crippen LogP contribution is -2.79. The van der Waals surface area contributed by atoms with Crippen LogP contribution in [0, 0.1) is 42.4 Å². The number of carbonyl (C=O) groups is 1. The number of fused-ring (bicyclic) bond motifs is 4. The molecule has 348 valence electrons. The van der Waals surface area contributed by atoms with Crippen molar-refractivity contribution < 1.29 is 14.6 Å². The molecule has 0 amide bonds. The van der Waals surface area contributed by atoms with E-state index in [0.29, 0.717) is 5.56 Å². The summed E-state index contributed by atoms with van der Waals surface area (Å²) >= 11 is 0. The van der Waals surface area contributed by atoms with Crippen molar-refractivity contribution in [1.82, 2.24) is 4.58 Å². The predicted molar refractivity (Wildman–Crippen MR) is 269 cm³/mol. The van der Waals surface area contributed by atoms with Gasteiger partial charge in [-0.1, -0.05) is 128 Å². The molecule has 8 rings (SSSR count). The number of hydrogen-bond donors (Lipinski definition) is 1. The summed E-state index contributed by atoms with van der Waals surface area (Å²) in [7, 11) is 0. The Hall–Kier alpha value is -3.60. The summed E-state index contributed by atoms with van der Waals surface area (Å²) in [5.74, 6) is 0.886. The molecule has 5 heterocycles. The summed E-state index contributed by atoms with van der Waals surface area (Å²) in [5.41, 5.74) is 9.69. The number of rotatable bonds is 2. The monoisotopic (exact) mass is 870 g/mol. The first-order valence-corrected chi connectivity index (χ1v) is 24.4. The quantitative estimate of drug-likeness (QED) is 0.204. The van der Waals surface area contributed by atoms with E-state index in [4.69, 9.17) is 4.74 Å². The summed E-state index contributed by atoms with van der Waals surface area (Å²) in [6.45, 7) is 65.9. The molecule has 1 N–H and O–H groups in total. The molecule has 0 aliphatic carbocycles. The Bertz CT molecular complexity index is 2790. The highest BCUT2D eigenvalue weighted by Crippen LogP contribution is 2.72. The van der Waals surface area contributed by atoms with Gasteiger partial charge < -0.3 is 14.7 Å². The predicted octanol–water partition coefficient (Wildman–Crippen LogP) is 13.3. The van der Waals surface area contributed by atoms with E-state index in [9.17, 15) is 9.90 Å². The van der Waals surface area contributed by atoms with E-state index in [1.54, 1.807) is 0 Å². The van der Waals surface area contributed by atoms with Crippen molar-refractivity contribution in [1.29, 1.82) is 0 Å². The highest BCUT2D eigenvalue weighted by molar-refractivity contribution is 6.01. The van der Waals surface area contributed by atoms with Gasteiger partial charge in [0.1, 0.15) is 11.5 Å². The van der Waals surface area contributed by atoms with Gasteiger partial charge in [0.2, 0.25) is 5.36 Å². The fourth-order valence-electron chi connectivity index (χ4n) is 15.1. The van der Waals surface area contributed by atoms with Gasteiger partial charge in [0.15, 0.2) is 11.1 Å². The average molecular weight is 870 g/mol. The summed E-state index contributed by atoms with van der Waals surface area (Å²) in [6, 6.07) is 6.10. The Labute approximate surface area is 388 Å². The van der Waals surface area contributed by atoms with Gasteiger partial charge in [0, 0.05) is 99.0 Å². The molecule has 5 heteroatoms. The largest absolute Gasteiger partial charge is 0.478 e. The Kier molecular flexibility index (Phi) is 8.87. The molecule has 0 aromatic heterocycles. The van der Waals surface area contributed by atoms with Gasteiger partial charge in [0.05, 0.1) is 11.1 Å². The number of hydrogen-bond acceptors (Lipinski definition) is 3. The first kappa shape index (κ1) is 46.9. The van der Waals surface area contributed by atoms with E-state index in [2.05, 4.69) is 202 Å². The minimum Gasteiger partial charge on any atom is -0.478 e. The first-order chi connectivity index (χ1) is 28.5. The molecule has 3 aromatic rings. The fourth-order valence-corrected chi connectivity index (χ4v) is 15.1. The van der Waals surface area contributed by atoms with E-state index in [-0.39, 0.29) is 65.5 Å². The molecule has 5 nitrogen and oxygen atoms in total. The molecule has 0 saturated carbocycles. The van der Waals surface area contributed by atoms with Crippen LogP contribution in [-0.4, -0.2) is 33.2 Å². The van der Waals surface area contributed by atoms with Crippen molar-refractivity contribution in [3.8, 4) is 11.5 Å². The van der Waals surface area contributed by atoms with Crippen molar-refractivity contribution in [2.24, 2.45) is 21.7 Å². The Morgan fingerprint density at radius 2 is 0.984 bits per heavy atom. The number of benzene rings is 3. The minimum absolute atomic E-state index is 0.185. The van der Waals surface area contributed by atoms with Gasteiger partial charge in [-0.15, -0.1) is 0 Å². The third-order valence-electron chi connectivity index (χ3n) is 23.3. The minimum atomic E-state index is -0.912. The standard InChI is InChI=1S/C59H84N2O3/c1-31-28-29-34(35(30-31)47(62)63)38-36-32(2)39-43-41(50(8,9)54(16,17)58(24,25)60(43)56(20,21)52(12,13)48(39,4)5)45(36)64-46-37(38)33(3)40-44-42(46)51(10,11)55(18,19)59(26,27)61(44)57(22,23)53(14,15)49(40,6)7/h28-30H,1-27H3/p+1. The van der Waals surface area contributed by atoms with Crippen LogP contribution in [0.5, 0.6) is 11.5 Å². The molecule has 64 heavy (non-hydrogen) atoms. The lowest BCUT2D eigenvalue weighted by molar-refractivity contribution is -0.0629. The van der Waals surface area contributed by atoms with E-state index >= 15 is 0 Å². The van der Waals surface area contributed by atoms with Crippen LogP contribution < -0.4 is 24.8 Å². The molecule has 0 spiro atoms. The second-order valence-electron chi connectivity index (χ2n) is 27.6.